The fraction of sp³-hybridized carbons (Fsp3) is 0.923. The van der Waals surface area contributed by atoms with Crippen LogP contribution < -0.4 is 5.73 Å². The lowest BCUT2D eigenvalue weighted by molar-refractivity contribution is -0.0717. The summed E-state index contributed by atoms with van der Waals surface area (Å²) in [6, 6.07) is 0.409. The van der Waals surface area contributed by atoms with Gasteiger partial charge in [0.2, 0.25) is 0 Å². The van der Waals surface area contributed by atoms with Crippen LogP contribution in [-0.4, -0.2) is 41.7 Å². The Balaban J connectivity index is 2.18. The summed E-state index contributed by atoms with van der Waals surface area (Å²) >= 11 is 0. The van der Waals surface area contributed by atoms with Crippen molar-refractivity contribution < 1.29 is 4.74 Å². The van der Waals surface area contributed by atoms with Crippen LogP contribution in [0.1, 0.15) is 40.5 Å². The molecule has 1 saturated heterocycles. The quantitative estimate of drug-likeness (QED) is 0.796. The minimum absolute atomic E-state index is 0.117. The van der Waals surface area contributed by atoms with E-state index in [2.05, 4.69) is 37.6 Å². The lowest BCUT2D eigenvalue weighted by Gasteiger charge is -2.47. The SMILES string of the molecule is CC(C)C1CC2(CCO1)CN=C(N)N2C(C)C. The highest BCUT2D eigenvalue weighted by molar-refractivity contribution is 5.81. The lowest BCUT2D eigenvalue weighted by atomic mass is 9.82. The van der Waals surface area contributed by atoms with Gasteiger partial charge in [0.05, 0.1) is 18.2 Å². The second-order valence-electron chi connectivity index (χ2n) is 5.97. The van der Waals surface area contributed by atoms with E-state index in [0.717, 1.165) is 26.0 Å². The van der Waals surface area contributed by atoms with Crippen LogP contribution in [-0.2, 0) is 4.74 Å². The van der Waals surface area contributed by atoms with Gasteiger partial charge in [0.25, 0.3) is 0 Å². The number of nitrogens with two attached hydrogens (primary N) is 1. The van der Waals surface area contributed by atoms with E-state index in [4.69, 9.17) is 10.5 Å². The Morgan fingerprint density at radius 3 is 2.71 bits per heavy atom. The Bertz CT molecular complexity index is 314. The minimum atomic E-state index is 0.117. The van der Waals surface area contributed by atoms with E-state index in [0.29, 0.717) is 24.0 Å². The summed E-state index contributed by atoms with van der Waals surface area (Å²) < 4.78 is 5.87. The van der Waals surface area contributed by atoms with Crippen molar-refractivity contribution in [3.05, 3.63) is 0 Å². The maximum absolute atomic E-state index is 6.04. The first-order chi connectivity index (χ1) is 7.96. The molecule has 0 aliphatic carbocycles. The van der Waals surface area contributed by atoms with E-state index in [1.165, 1.54) is 0 Å². The van der Waals surface area contributed by atoms with Gasteiger partial charge in [-0.1, -0.05) is 13.8 Å². The summed E-state index contributed by atoms with van der Waals surface area (Å²) in [4.78, 5) is 6.78. The third kappa shape index (κ3) is 2.15. The number of hydrogen-bond donors (Lipinski definition) is 1. The highest BCUT2D eigenvalue weighted by Crippen LogP contribution is 2.37. The van der Waals surface area contributed by atoms with Gasteiger partial charge in [-0.2, -0.15) is 0 Å². The molecule has 0 aromatic carbocycles. The number of aliphatic imine (C=N–C) groups is 1. The van der Waals surface area contributed by atoms with Crippen molar-refractivity contribution in [1.29, 1.82) is 0 Å². The molecule has 0 aromatic rings. The van der Waals surface area contributed by atoms with E-state index in [1.54, 1.807) is 0 Å². The minimum Gasteiger partial charge on any atom is -0.378 e. The van der Waals surface area contributed by atoms with Gasteiger partial charge < -0.3 is 15.4 Å². The molecular formula is C13H25N3O. The smallest absolute Gasteiger partial charge is 0.192 e. The summed E-state index contributed by atoms with van der Waals surface area (Å²) in [5.74, 6) is 1.27. The van der Waals surface area contributed by atoms with Crippen LogP contribution in [0.3, 0.4) is 0 Å². The van der Waals surface area contributed by atoms with Crippen molar-refractivity contribution in [2.45, 2.75) is 58.2 Å². The molecule has 4 nitrogen and oxygen atoms in total. The van der Waals surface area contributed by atoms with Crippen LogP contribution in [0, 0.1) is 5.92 Å². The van der Waals surface area contributed by atoms with E-state index in [1.807, 2.05) is 0 Å². The highest BCUT2D eigenvalue weighted by Gasteiger charge is 2.47. The Kier molecular flexibility index (Phi) is 3.34. The molecule has 1 spiro atoms. The summed E-state index contributed by atoms with van der Waals surface area (Å²) in [5.41, 5.74) is 6.16. The molecular weight excluding hydrogens is 214 g/mol. The van der Waals surface area contributed by atoms with Gasteiger partial charge >= 0.3 is 0 Å². The zero-order valence-corrected chi connectivity index (χ0v) is 11.4. The molecule has 2 rings (SSSR count). The first-order valence-electron chi connectivity index (χ1n) is 6.67. The predicted octanol–water partition coefficient (Wildman–Crippen LogP) is 1.60. The second-order valence-corrected chi connectivity index (χ2v) is 5.97. The van der Waals surface area contributed by atoms with Gasteiger partial charge in [-0.15, -0.1) is 0 Å². The van der Waals surface area contributed by atoms with Crippen LogP contribution in [0.25, 0.3) is 0 Å². The molecule has 0 radical (unpaired) electrons. The topological polar surface area (TPSA) is 50.9 Å². The molecule has 17 heavy (non-hydrogen) atoms. The summed E-state index contributed by atoms with van der Waals surface area (Å²) in [6.45, 7) is 10.5. The molecule has 2 heterocycles. The largest absolute Gasteiger partial charge is 0.378 e. The fourth-order valence-electron chi connectivity index (χ4n) is 3.16. The zero-order chi connectivity index (χ0) is 12.6. The van der Waals surface area contributed by atoms with Crippen molar-refractivity contribution in [2.24, 2.45) is 16.6 Å². The van der Waals surface area contributed by atoms with Crippen LogP contribution in [0.5, 0.6) is 0 Å². The molecule has 2 aliphatic rings. The third-order valence-electron chi connectivity index (χ3n) is 4.03. The Labute approximate surface area is 104 Å². The van der Waals surface area contributed by atoms with E-state index >= 15 is 0 Å². The van der Waals surface area contributed by atoms with Gasteiger partial charge in [0.1, 0.15) is 0 Å². The van der Waals surface area contributed by atoms with Crippen molar-refractivity contribution in [3.63, 3.8) is 0 Å². The molecule has 2 unspecified atom stereocenters. The average Bonchev–Trinajstić information content (AvgIpc) is 2.55. The van der Waals surface area contributed by atoms with Crippen molar-refractivity contribution in [2.75, 3.05) is 13.2 Å². The Morgan fingerprint density at radius 1 is 1.41 bits per heavy atom. The van der Waals surface area contributed by atoms with E-state index in [9.17, 15) is 0 Å². The van der Waals surface area contributed by atoms with Gasteiger partial charge in [0.15, 0.2) is 5.96 Å². The maximum Gasteiger partial charge on any atom is 0.192 e. The van der Waals surface area contributed by atoms with E-state index in [-0.39, 0.29) is 5.54 Å². The first kappa shape index (κ1) is 12.7. The molecule has 2 aliphatic heterocycles. The fourth-order valence-corrected chi connectivity index (χ4v) is 3.16. The first-order valence-corrected chi connectivity index (χ1v) is 6.67. The molecule has 0 amide bonds. The summed E-state index contributed by atoms with van der Waals surface area (Å²) in [6.07, 6.45) is 2.43. The van der Waals surface area contributed by atoms with Gasteiger partial charge in [-0.25, -0.2) is 0 Å². The van der Waals surface area contributed by atoms with Gasteiger partial charge in [0, 0.05) is 12.6 Å². The van der Waals surface area contributed by atoms with Crippen molar-refractivity contribution in [3.8, 4) is 0 Å². The molecule has 2 atom stereocenters. The van der Waals surface area contributed by atoms with Gasteiger partial charge in [-0.05, 0) is 32.6 Å². The van der Waals surface area contributed by atoms with E-state index < -0.39 is 0 Å². The number of guanidine groups is 1. The highest BCUT2D eigenvalue weighted by atomic mass is 16.5. The molecule has 2 N–H and O–H groups in total. The van der Waals surface area contributed by atoms with Crippen LogP contribution in [0.15, 0.2) is 4.99 Å². The maximum atomic E-state index is 6.04. The van der Waals surface area contributed by atoms with Crippen LogP contribution in [0.2, 0.25) is 0 Å². The van der Waals surface area contributed by atoms with Crippen molar-refractivity contribution >= 4 is 5.96 Å². The lowest BCUT2D eigenvalue weighted by Crippen LogP contribution is -2.59. The third-order valence-corrected chi connectivity index (χ3v) is 4.03. The molecule has 4 heteroatoms. The van der Waals surface area contributed by atoms with Crippen LogP contribution in [0.4, 0.5) is 0 Å². The monoisotopic (exact) mass is 239 g/mol. The normalized spacial score (nSPS) is 33.9. The van der Waals surface area contributed by atoms with Gasteiger partial charge in [-0.3, -0.25) is 4.99 Å². The standard InChI is InChI=1S/C13H25N3O/c1-9(2)11-7-13(5-6-17-11)8-15-12(14)16(13)10(3)4/h9-11H,5-8H2,1-4H3,(H2,14,15). The molecule has 0 aromatic heterocycles. The van der Waals surface area contributed by atoms with Crippen molar-refractivity contribution in [1.82, 2.24) is 4.90 Å². The zero-order valence-electron chi connectivity index (χ0n) is 11.4. The summed E-state index contributed by atoms with van der Waals surface area (Å²) in [5, 5.41) is 0. The molecule has 0 bridgehead atoms. The number of rotatable bonds is 2. The Hall–Kier alpha value is -0.770. The number of ether oxygens (including phenoxy) is 1. The summed E-state index contributed by atoms with van der Waals surface area (Å²) in [7, 11) is 0. The predicted molar refractivity (Wildman–Crippen MR) is 70.0 cm³/mol. The number of hydrogen-bond acceptors (Lipinski definition) is 4. The molecule has 1 fully saturated rings. The molecule has 98 valence electrons. The molecule has 0 saturated carbocycles. The number of nitrogens with zero attached hydrogens (tertiary/aromatic N) is 2. The van der Waals surface area contributed by atoms with Crippen LogP contribution >= 0.6 is 0 Å². The second kappa shape index (κ2) is 4.48. The average molecular weight is 239 g/mol. The Morgan fingerprint density at radius 2 is 2.12 bits per heavy atom.